The normalized spacial score (nSPS) is 12.9. The fraction of sp³-hybridized carbons (Fsp3) is 0.625. The molecule has 21 heavy (non-hydrogen) atoms. The Kier molecular flexibility index (Phi) is 6.38. The molecule has 0 fully saturated rings. The quantitative estimate of drug-likeness (QED) is 0.775. The van der Waals surface area contributed by atoms with Crippen molar-refractivity contribution in [2.24, 2.45) is 11.3 Å². The maximum atomic E-state index is 12.2. The van der Waals surface area contributed by atoms with Crippen molar-refractivity contribution < 1.29 is 8.42 Å². The van der Waals surface area contributed by atoms with Gasteiger partial charge in [0.2, 0.25) is 10.0 Å². The Morgan fingerprint density at radius 3 is 2.38 bits per heavy atom. The molecule has 0 aliphatic heterocycles. The molecule has 0 unspecified atom stereocenters. The van der Waals surface area contributed by atoms with Crippen molar-refractivity contribution in [2.45, 2.75) is 40.0 Å². The maximum Gasteiger partial charge on any atom is 0.215 e. The molecule has 4 nitrogen and oxygen atoms in total. The molecule has 1 rings (SSSR count). The molecule has 0 aromatic heterocycles. The number of sulfonamides is 1. The van der Waals surface area contributed by atoms with Crippen molar-refractivity contribution in [1.29, 1.82) is 0 Å². The van der Waals surface area contributed by atoms with Gasteiger partial charge in [-0.3, -0.25) is 0 Å². The molecule has 0 saturated heterocycles. The Bertz CT molecular complexity index is 551. The molecule has 1 aromatic carbocycles. The van der Waals surface area contributed by atoms with Gasteiger partial charge in [-0.1, -0.05) is 52.0 Å². The summed E-state index contributed by atoms with van der Waals surface area (Å²) in [5, 5.41) is 3.07. The molecule has 0 radical (unpaired) electrons. The highest BCUT2D eigenvalue weighted by molar-refractivity contribution is 7.88. The topological polar surface area (TPSA) is 58.2 Å². The van der Waals surface area contributed by atoms with Gasteiger partial charge < -0.3 is 5.32 Å². The van der Waals surface area contributed by atoms with E-state index < -0.39 is 10.0 Å². The van der Waals surface area contributed by atoms with Crippen LogP contribution in [0.5, 0.6) is 0 Å². The molecule has 0 amide bonds. The Hall–Kier alpha value is -0.910. The highest BCUT2D eigenvalue weighted by Gasteiger charge is 2.24. The minimum absolute atomic E-state index is 0.0265. The fourth-order valence-electron chi connectivity index (χ4n) is 1.80. The van der Waals surface area contributed by atoms with Gasteiger partial charge in [0.25, 0.3) is 0 Å². The van der Waals surface area contributed by atoms with Crippen LogP contribution in [-0.2, 0) is 22.3 Å². The van der Waals surface area contributed by atoms with E-state index >= 15 is 0 Å². The van der Waals surface area contributed by atoms with Crippen molar-refractivity contribution in [3.63, 3.8) is 0 Å². The Labute approximate surface area is 129 Å². The van der Waals surface area contributed by atoms with E-state index in [-0.39, 0.29) is 11.2 Å². The van der Waals surface area contributed by atoms with Crippen LogP contribution in [0.2, 0.25) is 0 Å². The zero-order valence-corrected chi connectivity index (χ0v) is 14.5. The Morgan fingerprint density at radius 2 is 1.81 bits per heavy atom. The van der Waals surface area contributed by atoms with Crippen molar-refractivity contribution in [3.8, 4) is 0 Å². The van der Waals surface area contributed by atoms with Gasteiger partial charge >= 0.3 is 0 Å². The Balaban J connectivity index is 2.70. The van der Waals surface area contributed by atoms with Gasteiger partial charge in [-0.15, -0.1) is 0 Å². The van der Waals surface area contributed by atoms with Crippen molar-refractivity contribution in [2.75, 3.05) is 13.6 Å². The average molecular weight is 312 g/mol. The zero-order chi connectivity index (χ0) is 16.1. The van der Waals surface area contributed by atoms with Crippen LogP contribution in [0.25, 0.3) is 0 Å². The lowest BCUT2D eigenvalue weighted by Crippen LogP contribution is -2.37. The predicted octanol–water partition coefficient (Wildman–Crippen LogP) is 2.51. The summed E-state index contributed by atoms with van der Waals surface area (Å²) in [5.74, 6) is 0.442. The maximum absolute atomic E-state index is 12.2. The molecule has 0 heterocycles. The zero-order valence-electron chi connectivity index (χ0n) is 13.7. The molecule has 0 spiro atoms. The van der Waals surface area contributed by atoms with Crippen LogP contribution in [0.4, 0.5) is 0 Å². The van der Waals surface area contributed by atoms with E-state index in [1.807, 2.05) is 31.3 Å². The summed E-state index contributed by atoms with van der Waals surface area (Å²) in [6, 6.07) is 7.67. The van der Waals surface area contributed by atoms with Crippen LogP contribution in [0.15, 0.2) is 24.3 Å². The molecule has 0 aliphatic carbocycles. The minimum atomic E-state index is -3.30. The monoisotopic (exact) mass is 312 g/mol. The van der Waals surface area contributed by atoms with E-state index in [1.165, 1.54) is 0 Å². The van der Waals surface area contributed by atoms with Crippen molar-refractivity contribution in [3.05, 3.63) is 35.4 Å². The highest BCUT2D eigenvalue weighted by Crippen LogP contribution is 2.25. The second-order valence-electron chi connectivity index (χ2n) is 6.57. The van der Waals surface area contributed by atoms with Crippen LogP contribution in [-0.4, -0.2) is 22.0 Å². The van der Waals surface area contributed by atoms with E-state index in [1.54, 1.807) is 0 Å². The van der Waals surface area contributed by atoms with Gasteiger partial charge in [-0.05, 0) is 29.5 Å². The lowest BCUT2D eigenvalue weighted by molar-refractivity contribution is 0.252. The predicted molar refractivity (Wildman–Crippen MR) is 88.5 cm³/mol. The molecule has 1 aromatic rings. The van der Waals surface area contributed by atoms with E-state index in [0.29, 0.717) is 12.5 Å². The summed E-state index contributed by atoms with van der Waals surface area (Å²) >= 11 is 0. The van der Waals surface area contributed by atoms with Gasteiger partial charge in [0.05, 0.1) is 5.75 Å². The molecule has 120 valence electrons. The standard InChI is InChI=1S/C16H28N2O2S/c1-13(2)16(3,4)12-18-21(19,20)11-15-8-6-7-14(9-15)10-17-5/h6-9,13,17-18H,10-12H2,1-5H3. The van der Waals surface area contributed by atoms with Crippen LogP contribution in [0, 0.1) is 11.3 Å². The molecule has 0 saturated carbocycles. The SMILES string of the molecule is CNCc1cccc(CS(=O)(=O)NCC(C)(C)C(C)C)c1. The Morgan fingerprint density at radius 1 is 1.19 bits per heavy atom. The molecular formula is C16H28N2O2S. The molecule has 0 atom stereocenters. The summed E-state index contributed by atoms with van der Waals surface area (Å²) in [7, 11) is -1.43. The van der Waals surface area contributed by atoms with E-state index in [2.05, 4.69) is 37.7 Å². The van der Waals surface area contributed by atoms with Crippen LogP contribution >= 0.6 is 0 Å². The molecular weight excluding hydrogens is 284 g/mol. The summed E-state index contributed by atoms with van der Waals surface area (Å²) < 4.78 is 27.2. The third-order valence-electron chi connectivity index (χ3n) is 4.04. The number of hydrogen-bond acceptors (Lipinski definition) is 3. The average Bonchev–Trinajstić information content (AvgIpc) is 2.37. The molecule has 5 heteroatoms. The number of nitrogens with one attached hydrogen (secondary N) is 2. The first-order valence-electron chi connectivity index (χ1n) is 7.36. The highest BCUT2D eigenvalue weighted by atomic mass is 32.2. The van der Waals surface area contributed by atoms with Crippen LogP contribution in [0.3, 0.4) is 0 Å². The second kappa shape index (κ2) is 7.38. The van der Waals surface area contributed by atoms with Gasteiger partial charge in [-0.2, -0.15) is 0 Å². The summed E-state index contributed by atoms with van der Waals surface area (Å²) in [6.07, 6.45) is 0. The lowest BCUT2D eigenvalue weighted by atomic mass is 9.81. The summed E-state index contributed by atoms with van der Waals surface area (Å²) in [4.78, 5) is 0. The first-order valence-corrected chi connectivity index (χ1v) is 9.01. The lowest BCUT2D eigenvalue weighted by Gasteiger charge is -2.29. The fourth-order valence-corrected chi connectivity index (χ4v) is 3.12. The van der Waals surface area contributed by atoms with Crippen molar-refractivity contribution >= 4 is 10.0 Å². The second-order valence-corrected chi connectivity index (χ2v) is 8.38. The smallest absolute Gasteiger partial charge is 0.215 e. The molecule has 0 bridgehead atoms. The first-order chi connectivity index (χ1) is 9.66. The van der Waals surface area contributed by atoms with Crippen molar-refractivity contribution in [1.82, 2.24) is 10.0 Å². The minimum Gasteiger partial charge on any atom is -0.316 e. The van der Waals surface area contributed by atoms with E-state index in [4.69, 9.17) is 0 Å². The number of benzene rings is 1. The van der Waals surface area contributed by atoms with Gasteiger partial charge in [0.1, 0.15) is 0 Å². The summed E-state index contributed by atoms with van der Waals surface area (Å²) in [5.41, 5.74) is 1.85. The van der Waals surface area contributed by atoms with Gasteiger partial charge in [0, 0.05) is 13.1 Å². The van der Waals surface area contributed by atoms with Crippen LogP contribution in [0.1, 0.15) is 38.8 Å². The third kappa shape index (κ3) is 6.16. The summed E-state index contributed by atoms with van der Waals surface area (Å²) in [6.45, 7) is 9.57. The first kappa shape index (κ1) is 18.1. The van der Waals surface area contributed by atoms with Gasteiger partial charge in [0.15, 0.2) is 0 Å². The van der Waals surface area contributed by atoms with E-state index in [0.717, 1.165) is 17.7 Å². The largest absolute Gasteiger partial charge is 0.316 e. The number of rotatable bonds is 8. The van der Waals surface area contributed by atoms with E-state index in [9.17, 15) is 8.42 Å². The third-order valence-corrected chi connectivity index (χ3v) is 5.34. The van der Waals surface area contributed by atoms with Gasteiger partial charge in [-0.25, -0.2) is 13.1 Å². The molecule has 0 aliphatic rings. The molecule has 2 N–H and O–H groups in total. The van der Waals surface area contributed by atoms with Crippen LogP contribution < -0.4 is 10.0 Å². The number of hydrogen-bond donors (Lipinski definition) is 2.